The number of hydrogen-bond acceptors (Lipinski definition) is 5. The van der Waals surface area contributed by atoms with Crippen LogP contribution in [-0.2, 0) is 9.53 Å². The van der Waals surface area contributed by atoms with Crippen LogP contribution in [0.5, 0.6) is 5.75 Å². The van der Waals surface area contributed by atoms with Gasteiger partial charge in [-0.05, 0) is 49.8 Å². The molecule has 0 aliphatic heterocycles. The summed E-state index contributed by atoms with van der Waals surface area (Å²) < 4.78 is 10.8. The molecule has 0 aliphatic carbocycles. The zero-order chi connectivity index (χ0) is 22.5. The van der Waals surface area contributed by atoms with E-state index in [9.17, 15) is 14.9 Å². The number of hydrogen-bond donors (Lipinski definition) is 1. The van der Waals surface area contributed by atoms with Gasteiger partial charge in [0.05, 0.1) is 18.8 Å². The molecule has 6 nitrogen and oxygen atoms in total. The van der Waals surface area contributed by atoms with E-state index in [0.717, 1.165) is 19.3 Å². The van der Waals surface area contributed by atoms with Gasteiger partial charge in [0.2, 0.25) is 0 Å². The van der Waals surface area contributed by atoms with Crippen LogP contribution in [0.4, 0.5) is 5.69 Å². The minimum Gasteiger partial charge on any atom is -0.493 e. The van der Waals surface area contributed by atoms with E-state index < -0.39 is 11.9 Å². The Kier molecular flexibility index (Phi) is 9.83. The Labute approximate surface area is 183 Å². The van der Waals surface area contributed by atoms with Gasteiger partial charge in [-0.15, -0.1) is 0 Å². The largest absolute Gasteiger partial charge is 0.493 e. The van der Waals surface area contributed by atoms with Crippen molar-refractivity contribution in [2.75, 3.05) is 18.5 Å². The molecular formula is C25H28N2O4. The summed E-state index contributed by atoms with van der Waals surface area (Å²) in [6, 6.07) is 15.6. The third kappa shape index (κ3) is 7.63. The van der Waals surface area contributed by atoms with Gasteiger partial charge in [0.25, 0.3) is 5.91 Å². The molecular weight excluding hydrogens is 392 g/mol. The summed E-state index contributed by atoms with van der Waals surface area (Å²) in [5.74, 6) is -0.327. The fourth-order valence-corrected chi connectivity index (χ4v) is 2.85. The van der Waals surface area contributed by atoms with Crippen LogP contribution in [0.15, 0.2) is 54.1 Å². The van der Waals surface area contributed by atoms with Crippen LogP contribution in [-0.4, -0.2) is 25.1 Å². The van der Waals surface area contributed by atoms with Gasteiger partial charge >= 0.3 is 5.97 Å². The number of amides is 1. The van der Waals surface area contributed by atoms with E-state index in [1.165, 1.54) is 12.5 Å². The van der Waals surface area contributed by atoms with Gasteiger partial charge in [-0.2, -0.15) is 5.26 Å². The molecule has 2 aromatic rings. The number of nitriles is 1. The Balaban J connectivity index is 2.07. The molecule has 0 spiro atoms. The molecule has 31 heavy (non-hydrogen) atoms. The van der Waals surface area contributed by atoms with E-state index in [-0.39, 0.29) is 12.2 Å². The first-order chi connectivity index (χ1) is 15.1. The van der Waals surface area contributed by atoms with Crippen molar-refractivity contribution in [1.82, 2.24) is 0 Å². The van der Waals surface area contributed by atoms with E-state index in [1.54, 1.807) is 37.3 Å². The number of carbonyl (C=O) groups is 2. The number of anilines is 1. The lowest BCUT2D eigenvalue weighted by molar-refractivity contribution is -0.112. The number of ether oxygens (including phenoxy) is 2. The minimum atomic E-state index is -0.538. The van der Waals surface area contributed by atoms with E-state index >= 15 is 0 Å². The zero-order valence-corrected chi connectivity index (χ0v) is 18.0. The van der Waals surface area contributed by atoms with Crippen molar-refractivity contribution >= 4 is 23.6 Å². The highest BCUT2D eigenvalue weighted by Gasteiger charge is 2.12. The first-order valence-electron chi connectivity index (χ1n) is 10.5. The summed E-state index contributed by atoms with van der Waals surface area (Å²) in [7, 11) is 0. The molecule has 0 saturated heterocycles. The van der Waals surface area contributed by atoms with Gasteiger partial charge in [0.1, 0.15) is 17.4 Å². The maximum atomic E-state index is 12.6. The van der Waals surface area contributed by atoms with E-state index in [1.807, 2.05) is 24.3 Å². The number of nitrogens with zero attached hydrogens (tertiary/aromatic N) is 1. The van der Waals surface area contributed by atoms with Crippen molar-refractivity contribution in [3.05, 3.63) is 65.2 Å². The second-order valence-electron chi connectivity index (χ2n) is 6.87. The highest BCUT2D eigenvalue weighted by molar-refractivity contribution is 6.10. The number of benzene rings is 2. The monoisotopic (exact) mass is 420 g/mol. The van der Waals surface area contributed by atoms with Crippen LogP contribution in [0.3, 0.4) is 0 Å². The van der Waals surface area contributed by atoms with Crippen LogP contribution < -0.4 is 10.1 Å². The highest BCUT2D eigenvalue weighted by Crippen LogP contribution is 2.22. The molecule has 0 atom stereocenters. The Morgan fingerprint density at radius 3 is 2.45 bits per heavy atom. The molecule has 2 aromatic carbocycles. The SMILES string of the molecule is CCCCCCOc1ccccc1/C=C(\C#N)C(=O)Nc1ccc(C(=O)OCC)cc1. The summed E-state index contributed by atoms with van der Waals surface area (Å²) in [6.07, 6.45) is 5.91. The van der Waals surface area contributed by atoms with Crippen molar-refractivity contribution in [2.24, 2.45) is 0 Å². The zero-order valence-electron chi connectivity index (χ0n) is 18.0. The molecule has 0 fully saturated rings. The molecule has 0 saturated carbocycles. The summed E-state index contributed by atoms with van der Waals surface area (Å²) in [5, 5.41) is 12.2. The predicted octanol–water partition coefficient (Wildman–Crippen LogP) is 5.37. The predicted molar refractivity (Wildman–Crippen MR) is 121 cm³/mol. The summed E-state index contributed by atoms with van der Waals surface area (Å²) in [5.41, 5.74) is 1.49. The second-order valence-corrected chi connectivity index (χ2v) is 6.87. The number of rotatable bonds is 11. The summed E-state index contributed by atoms with van der Waals surface area (Å²) >= 11 is 0. The molecule has 0 aliphatic rings. The topological polar surface area (TPSA) is 88.4 Å². The van der Waals surface area contributed by atoms with E-state index in [2.05, 4.69) is 12.2 Å². The second kappa shape index (κ2) is 12.9. The molecule has 0 unspecified atom stereocenters. The van der Waals surface area contributed by atoms with Crippen LogP contribution in [0.1, 0.15) is 55.5 Å². The quantitative estimate of drug-likeness (QED) is 0.229. The number of unbranched alkanes of at least 4 members (excludes halogenated alkanes) is 3. The molecule has 0 heterocycles. The van der Waals surface area contributed by atoms with Gasteiger partial charge in [-0.1, -0.05) is 44.4 Å². The number of carbonyl (C=O) groups excluding carboxylic acids is 2. The lowest BCUT2D eigenvalue weighted by Gasteiger charge is -2.10. The fourth-order valence-electron chi connectivity index (χ4n) is 2.85. The van der Waals surface area contributed by atoms with E-state index in [0.29, 0.717) is 29.2 Å². The van der Waals surface area contributed by atoms with Crippen molar-refractivity contribution in [1.29, 1.82) is 5.26 Å². The molecule has 1 N–H and O–H groups in total. The van der Waals surface area contributed by atoms with Crippen molar-refractivity contribution < 1.29 is 19.1 Å². The van der Waals surface area contributed by atoms with Gasteiger partial charge in [0.15, 0.2) is 0 Å². The van der Waals surface area contributed by atoms with Crippen molar-refractivity contribution in [2.45, 2.75) is 39.5 Å². The number of para-hydroxylation sites is 1. The highest BCUT2D eigenvalue weighted by atomic mass is 16.5. The van der Waals surface area contributed by atoms with Crippen molar-refractivity contribution in [3.8, 4) is 11.8 Å². The Hall–Kier alpha value is -3.59. The smallest absolute Gasteiger partial charge is 0.338 e. The number of nitrogens with one attached hydrogen (secondary N) is 1. The lowest BCUT2D eigenvalue weighted by atomic mass is 10.1. The number of esters is 1. The summed E-state index contributed by atoms with van der Waals surface area (Å²) in [6.45, 7) is 4.77. The molecule has 0 aromatic heterocycles. The third-order valence-electron chi connectivity index (χ3n) is 4.49. The Morgan fingerprint density at radius 2 is 1.77 bits per heavy atom. The van der Waals surface area contributed by atoms with Gasteiger partial charge < -0.3 is 14.8 Å². The molecule has 0 radical (unpaired) electrons. The average molecular weight is 421 g/mol. The van der Waals surface area contributed by atoms with Crippen molar-refractivity contribution in [3.63, 3.8) is 0 Å². The first-order valence-corrected chi connectivity index (χ1v) is 10.5. The van der Waals surface area contributed by atoms with Gasteiger partial charge in [-0.25, -0.2) is 4.79 Å². The summed E-state index contributed by atoms with van der Waals surface area (Å²) in [4.78, 5) is 24.3. The van der Waals surface area contributed by atoms with Crippen LogP contribution in [0.25, 0.3) is 6.08 Å². The fraction of sp³-hybridized carbons (Fsp3) is 0.320. The molecule has 162 valence electrons. The maximum absolute atomic E-state index is 12.6. The third-order valence-corrected chi connectivity index (χ3v) is 4.49. The first kappa shape index (κ1) is 23.7. The molecule has 0 bridgehead atoms. The Morgan fingerprint density at radius 1 is 1.03 bits per heavy atom. The molecule has 6 heteroatoms. The van der Waals surface area contributed by atoms with Crippen LogP contribution in [0.2, 0.25) is 0 Å². The van der Waals surface area contributed by atoms with E-state index in [4.69, 9.17) is 9.47 Å². The Bertz CT molecular complexity index is 943. The molecule has 1 amide bonds. The molecule has 2 rings (SSSR count). The maximum Gasteiger partial charge on any atom is 0.338 e. The minimum absolute atomic E-state index is 0.0449. The standard InChI is InChI=1S/C25H28N2O4/c1-3-5-6-9-16-31-23-11-8-7-10-20(23)17-21(18-26)24(28)27-22-14-12-19(13-15-22)25(29)30-4-2/h7-8,10-15,17H,3-6,9,16H2,1-2H3,(H,27,28)/b21-17+. The van der Waals surface area contributed by atoms with Gasteiger partial charge in [0, 0.05) is 11.3 Å². The van der Waals surface area contributed by atoms with Crippen LogP contribution in [0, 0.1) is 11.3 Å². The average Bonchev–Trinajstić information content (AvgIpc) is 2.78. The van der Waals surface area contributed by atoms with Crippen LogP contribution >= 0.6 is 0 Å². The normalized spacial score (nSPS) is 10.8. The van der Waals surface area contributed by atoms with Gasteiger partial charge in [-0.3, -0.25) is 4.79 Å². The lowest BCUT2D eigenvalue weighted by Crippen LogP contribution is -2.14.